The molecule has 1 saturated carbocycles. The van der Waals surface area contributed by atoms with Crippen molar-refractivity contribution >= 4 is 5.78 Å². The number of ether oxygens (including phenoxy) is 1. The number of benzene rings is 1. The van der Waals surface area contributed by atoms with Gasteiger partial charge in [0.25, 0.3) is 0 Å². The average Bonchev–Trinajstić information content (AvgIpc) is 2.83. The van der Waals surface area contributed by atoms with Crippen LogP contribution in [-0.4, -0.2) is 18.5 Å². The molecule has 2 heteroatoms. The third kappa shape index (κ3) is 3.12. The minimum atomic E-state index is 0.392. The van der Waals surface area contributed by atoms with Crippen molar-refractivity contribution in [2.24, 2.45) is 5.92 Å². The lowest BCUT2D eigenvalue weighted by Gasteiger charge is -2.34. The van der Waals surface area contributed by atoms with Crippen LogP contribution in [-0.2, 0) is 28.8 Å². The van der Waals surface area contributed by atoms with Crippen molar-refractivity contribution in [3.63, 3.8) is 0 Å². The van der Waals surface area contributed by atoms with E-state index in [0.29, 0.717) is 24.2 Å². The fourth-order valence-corrected chi connectivity index (χ4v) is 3.57. The van der Waals surface area contributed by atoms with Gasteiger partial charge in [0, 0.05) is 19.4 Å². The molecule has 0 atom stereocenters. The monoisotopic (exact) mass is 272 g/mol. The molecular weight excluding hydrogens is 248 g/mol. The van der Waals surface area contributed by atoms with Crippen LogP contribution < -0.4 is 0 Å². The summed E-state index contributed by atoms with van der Waals surface area (Å²) in [5.41, 5.74) is 4.16. The molecule has 2 aliphatic rings. The van der Waals surface area contributed by atoms with E-state index in [4.69, 9.17) is 4.74 Å². The molecule has 20 heavy (non-hydrogen) atoms. The quantitative estimate of drug-likeness (QED) is 0.792. The van der Waals surface area contributed by atoms with Crippen LogP contribution in [0.3, 0.4) is 0 Å². The van der Waals surface area contributed by atoms with Gasteiger partial charge in [0.1, 0.15) is 5.78 Å². The number of hydrogen-bond donors (Lipinski definition) is 0. The Bertz CT molecular complexity index is 486. The van der Waals surface area contributed by atoms with Crippen molar-refractivity contribution in [3.8, 4) is 0 Å². The summed E-state index contributed by atoms with van der Waals surface area (Å²) < 4.78 is 5.55. The maximum atomic E-state index is 12.1. The van der Waals surface area contributed by atoms with Crippen molar-refractivity contribution in [1.82, 2.24) is 0 Å². The van der Waals surface area contributed by atoms with E-state index in [9.17, 15) is 4.79 Å². The Balaban J connectivity index is 1.47. The van der Waals surface area contributed by atoms with Gasteiger partial charge in [0.2, 0.25) is 0 Å². The maximum Gasteiger partial charge on any atom is 0.137 e. The fraction of sp³-hybridized carbons (Fsp3) is 0.611. The molecule has 0 bridgehead atoms. The molecule has 0 amide bonds. The van der Waals surface area contributed by atoms with Crippen molar-refractivity contribution in [3.05, 3.63) is 34.9 Å². The molecular formula is C18H24O2. The molecule has 0 N–H and O–H groups in total. The fourth-order valence-electron chi connectivity index (χ4n) is 3.57. The molecule has 1 aromatic carbocycles. The van der Waals surface area contributed by atoms with E-state index in [1.54, 1.807) is 0 Å². The Morgan fingerprint density at radius 3 is 2.85 bits per heavy atom. The van der Waals surface area contributed by atoms with E-state index in [1.165, 1.54) is 36.0 Å². The summed E-state index contributed by atoms with van der Waals surface area (Å²) in [5, 5.41) is 0. The predicted octanol–water partition coefficient (Wildman–Crippen LogP) is 3.49. The van der Waals surface area contributed by atoms with Gasteiger partial charge in [-0.2, -0.15) is 0 Å². The number of aryl methyl sites for hydroxylation is 2. The van der Waals surface area contributed by atoms with E-state index in [2.05, 4.69) is 18.2 Å². The highest BCUT2D eigenvalue weighted by Crippen LogP contribution is 2.33. The zero-order valence-electron chi connectivity index (χ0n) is 12.4. The van der Waals surface area contributed by atoms with Crippen LogP contribution >= 0.6 is 0 Å². The molecule has 0 heterocycles. The van der Waals surface area contributed by atoms with Crippen LogP contribution in [0.15, 0.2) is 18.2 Å². The maximum absolute atomic E-state index is 12.1. The first-order valence-electron chi connectivity index (χ1n) is 7.98. The number of rotatable bonds is 6. The molecule has 0 spiro atoms. The Kier molecular flexibility index (Phi) is 4.21. The molecule has 0 aliphatic heterocycles. The second kappa shape index (κ2) is 6.09. The van der Waals surface area contributed by atoms with E-state index in [1.807, 2.05) is 6.92 Å². The summed E-state index contributed by atoms with van der Waals surface area (Å²) in [7, 11) is 0. The smallest absolute Gasteiger partial charge is 0.137 e. The van der Waals surface area contributed by atoms with E-state index in [-0.39, 0.29) is 0 Å². The number of carbonyl (C=O) groups excluding carboxylic acids is 1. The van der Waals surface area contributed by atoms with Gasteiger partial charge in [-0.15, -0.1) is 0 Å². The molecule has 0 saturated heterocycles. The van der Waals surface area contributed by atoms with Gasteiger partial charge < -0.3 is 4.74 Å². The van der Waals surface area contributed by atoms with Gasteiger partial charge in [0.05, 0.1) is 6.10 Å². The minimum Gasteiger partial charge on any atom is -0.378 e. The number of hydrogen-bond acceptors (Lipinski definition) is 2. The van der Waals surface area contributed by atoms with Crippen LogP contribution in [0.5, 0.6) is 0 Å². The molecule has 108 valence electrons. The van der Waals surface area contributed by atoms with Crippen LogP contribution in [0.1, 0.15) is 49.3 Å². The average molecular weight is 272 g/mol. The third-order valence-corrected chi connectivity index (χ3v) is 4.68. The van der Waals surface area contributed by atoms with Gasteiger partial charge in [-0.05, 0) is 61.6 Å². The molecule has 0 aromatic heterocycles. The van der Waals surface area contributed by atoms with E-state index >= 15 is 0 Å². The zero-order chi connectivity index (χ0) is 13.9. The van der Waals surface area contributed by atoms with E-state index in [0.717, 1.165) is 25.9 Å². The Hall–Kier alpha value is -1.15. The first kappa shape index (κ1) is 13.8. The van der Waals surface area contributed by atoms with E-state index < -0.39 is 0 Å². The van der Waals surface area contributed by atoms with Crippen LogP contribution in [0.25, 0.3) is 0 Å². The Labute approximate surface area is 121 Å². The molecule has 3 rings (SSSR count). The highest BCUT2D eigenvalue weighted by Gasteiger charge is 2.30. The van der Waals surface area contributed by atoms with Gasteiger partial charge >= 0.3 is 0 Å². The standard InChI is InChI=1S/C18H24O2/c1-2-20-18-11-14(12-18)10-17(19)9-13-6-7-15-4-3-5-16(15)8-13/h6-8,14,18H,2-5,9-12H2,1H3. The summed E-state index contributed by atoms with van der Waals surface area (Å²) in [4.78, 5) is 12.1. The molecule has 2 aliphatic carbocycles. The second-order valence-corrected chi connectivity index (χ2v) is 6.29. The van der Waals surface area contributed by atoms with Crippen molar-refractivity contribution < 1.29 is 9.53 Å². The van der Waals surface area contributed by atoms with Gasteiger partial charge in [-0.3, -0.25) is 4.79 Å². The topological polar surface area (TPSA) is 26.3 Å². The molecule has 1 aromatic rings. The zero-order valence-corrected chi connectivity index (χ0v) is 12.4. The number of carbonyl (C=O) groups is 1. The Morgan fingerprint density at radius 2 is 2.05 bits per heavy atom. The highest BCUT2D eigenvalue weighted by atomic mass is 16.5. The Morgan fingerprint density at radius 1 is 1.25 bits per heavy atom. The second-order valence-electron chi connectivity index (χ2n) is 6.29. The lowest BCUT2D eigenvalue weighted by Crippen LogP contribution is -2.33. The molecule has 0 unspecified atom stereocenters. The first-order valence-corrected chi connectivity index (χ1v) is 7.98. The van der Waals surface area contributed by atoms with Crippen molar-refractivity contribution in [2.75, 3.05) is 6.61 Å². The first-order chi connectivity index (χ1) is 9.74. The summed E-state index contributed by atoms with van der Waals surface area (Å²) in [5.74, 6) is 0.955. The van der Waals surface area contributed by atoms with Gasteiger partial charge in [0.15, 0.2) is 0 Å². The number of Topliss-reactive ketones (excluding diaryl/α,β-unsaturated/α-hetero) is 1. The van der Waals surface area contributed by atoms with Crippen LogP contribution in [0.2, 0.25) is 0 Å². The molecule has 1 fully saturated rings. The number of ketones is 1. The lowest BCUT2D eigenvalue weighted by atomic mass is 9.78. The molecule has 0 radical (unpaired) electrons. The summed E-state index contributed by atoms with van der Waals surface area (Å²) >= 11 is 0. The third-order valence-electron chi connectivity index (χ3n) is 4.68. The van der Waals surface area contributed by atoms with Crippen molar-refractivity contribution in [2.45, 2.75) is 58.0 Å². The number of fused-ring (bicyclic) bond motifs is 1. The summed E-state index contributed by atoms with van der Waals surface area (Å²) in [6.07, 6.45) is 7.59. The lowest BCUT2D eigenvalue weighted by molar-refractivity contribution is -0.121. The normalized spacial score (nSPS) is 24.2. The largest absolute Gasteiger partial charge is 0.378 e. The van der Waals surface area contributed by atoms with Crippen LogP contribution in [0.4, 0.5) is 0 Å². The predicted molar refractivity (Wildman–Crippen MR) is 79.9 cm³/mol. The molecule has 2 nitrogen and oxygen atoms in total. The minimum absolute atomic E-state index is 0.392. The SMILES string of the molecule is CCOC1CC(CC(=O)Cc2ccc3c(c2)CCC3)C1. The van der Waals surface area contributed by atoms with Crippen molar-refractivity contribution in [1.29, 1.82) is 0 Å². The van der Waals surface area contributed by atoms with Gasteiger partial charge in [-0.1, -0.05) is 18.2 Å². The summed E-state index contributed by atoms with van der Waals surface area (Å²) in [6, 6.07) is 6.62. The summed E-state index contributed by atoms with van der Waals surface area (Å²) in [6.45, 7) is 2.83. The van der Waals surface area contributed by atoms with Gasteiger partial charge in [-0.25, -0.2) is 0 Å². The highest BCUT2D eigenvalue weighted by molar-refractivity contribution is 5.81. The van der Waals surface area contributed by atoms with Crippen LogP contribution in [0, 0.1) is 5.92 Å².